The molecule has 0 aliphatic rings. The maximum absolute atomic E-state index is 7.17. The number of rotatable bonds is 0. The Bertz CT molecular complexity index is 119. The van der Waals surface area contributed by atoms with Gasteiger partial charge in [-0.2, -0.15) is 0 Å². The van der Waals surface area contributed by atoms with Gasteiger partial charge in [0.25, 0.3) is 0 Å². The van der Waals surface area contributed by atoms with Gasteiger partial charge in [-0.05, 0) is 0 Å². The molecule has 0 amide bonds. The van der Waals surface area contributed by atoms with Crippen LogP contribution in [0.1, 0.15) is 0 Å². The fourth-order valence-corrected chi connectivity index (χ4v) is 0.205. The molecule has 0 radical (unpaired) electrons. The summed E-state index contributed by atoms with van der Waals surface area (Å²) >= 11 is 0. The van der Waals surface area contributed by atoms with Crippen molar-refractivity contribution in [1.29, 1.82) is 0 Å². The first-order valence-corrected chi connectivity index (χ1v) is 2.32. The maximum Gasteiger partial charge on any atom is 0.631 e. The van der Waals surface area contributed by atoms with Gasteiger partial charge in [-0.25, -0.2) is 15.0 Å². The quantitative estimate of drug-likeness (QED) is 0.357. The Labute approximate surface area is 57.4 Å². The molecule has 0 spiro atoms. The minimum atomic E-state index is -2.17. The molecule has 0 fully saturated rings. The van der Waals surface area contributed by atoms with Crippen molar-refractivity contribution in [3.05, 3.63) is 19.0 Å². The van der Waals surface area contributed by atoms with Gasteiger partial charge in [0.15, 0.2) is 0 Å². The molecule has 1 aromatic heterocycles. The van der Waals surface area contributed by atoms with Crippen molar-refractivity contribution in [3.8, 4) is 0 Å². The SMILES string of the molecule is OB(O)O.c1ncncn1. The number of hydrogen-bond acceptors (Lipinski definition) is 6. The zero-order valence-corrected chi connectivity index (χ0v) is 4.99. The first kappa shape index (κ1) is 8.95. The summed E-state index contributed by atoms with van der Waals surface area (Å²) in [7, 11) is -2.17. The van der Waals surface area contributed by atoms with Gasteiger partial charge in [-0.15, -0.1) is 0 Å². The Morgan fingerprint density at radius 2 is 1.00 bits per heavy atom. The summed E-state index contributed by atoms with van der Waals surface area (Å²) in [6.45, 7) is 0. The van der Waals surface area contributed by atoms with Gasteiger partial charge in [0.2, 0.25) is 0 Å². The molecule has 3 N–H and O–H groups in total. The summed E-state index contributed by atoms with van der Waals surface area (Å²) in [5.74, 6) is 0. The molecule has 6 nitrogen and oxygen atoms in total. The molecule has 10 heavy (non-hydrogen) atoms. The van der Waals surface area contributed by atoms with Crippen LogP contribution in [0.4, 0.5) is 0 Å². The summed E-state index contributed by atoms with van der Waals surface area (Å²) in [6, 6.07) is 0. The molecular formula is C3H6BN3O3. The van der Waals surface area contributed by atoms with Crippen LogP contribution in [0.5, 0.6) is 0 Å². The van der Waals surface area contributed by atoms with Crippen molar-refractivity contribution >= 4 is 7.32 Å². The fraction of sp³-hybridized carbons (Fsp3) is 0. The van der Waals surface area contributed by atoms with Crippen LogP contribution in [0.25, 0.3) is 0 Å². The Morgan fingerprint density at radius 1 is 0.800 bits per heavy atom. The Hall–Kier alpha value is -1.05. The Morgan fingerprint density at radius 3 is 1.10 bits per heavy atom. The van der Waals surface area contributed by atoms with E-state index in [1.54, 1.807) is 0 Å². The lowest BCUT2D eigenvalue weighted by Crippen LogP contribution is -2.07. The van der Waals surface area contributed by atoms with E-state index in [1.807, 2.05) is 0 Å². The van der Waals surface area contributed by atoms with Crippen molar-refractivity contribution in [3.63, 3.8) is 0 Å². The van der Waals surface area contributed by atoms with E-state index in [-0.39, 0.29) is 0 Å². The second kappa shape index (κ2) is 6.08. The van der Waals surface area contributed by atoms with Gasteiger partial charge in [0.05, 0.1) is 0 Å². The Balaban J connectivity index is 0.000000180. The van der Waals surface area contributed by atoms with Crippen LogP contribution in [-0.2, 0) is 0 Å². The number of nitrogens with zero attached hydrogens (tertiary/aromatic N) is 3. The molecule has 1 heterocycles. The molecule has 0 saturated heterocycles. The van der Waals surface area contributed by atoms with Crippen LogP contribution in [0, 0.1) is 0 Å². The van der Waals surface area contributed by atoms with Gasteiger partial charge in [0.1, 0.15) is 19.0 Å². The van der Waals surface area contributed by atoms with Gasteiger partial charge < -0.3 is 15.1 Å². The molecule has 7 heteroatoms. The first-order chi connectivity index (χ1) is 4.73. The predicted octanol–water partition coefficient (Wildman–Crippen LogP) is -2.18. The Kier molecular flexibility index (Phi) is 5.45. The van der Waals surface area contributed by atoms with Crippen LogP contribution in [-0.4, -0.2) is 37.3 Å². The summed E-state index contributed by atoms with van der Waals surface area (Å²) in [4.78, 5) is 10.7. The molecule has 0 atom stereocenters. The highest BCUT2D eigenvalue weighted by molar-refractivity contribution is 6.30. The van der Waals surface area contributed by atoms with E-state index in [4.69, 9.17) is 15.1 Å². The summed E-state index contributed by atoms with van der Waals surface area (Å²) in [5.41, 5.74) is 0. The average Bonchev–Trinajstić information content (AvgIpc) is 1.90. The highest BCUT2D eigenvalue weighted by Crippen LogP contribution is 1.57. The summed E-state index contributed by atoms with van der Waals surface area (Å²) in [6.07, 6.45) is 4.31. The van der Waals surface area contributed by atoms with E-state index in [9.17, 15) is 0 Å². The molecule has 0 saturated carbocycles. The van der Waals surface area contributed by atoms with Crippen molar-refractivity contribution < 1.29 is 15.1 Å². The van der Waals surface area contributed by atoms with Gasteiger partial charge >= 0.3 is 7.32 Å². The molecule has 0 aliphatic carbocycles. The maximum atomic E-state index is 7.17. The number of aromatic nitrogens is 3. The van der Waals surface area contributed by atoms with Gasteiger partial charge in [-0.1, -0.05) is 0 Å². The smallest absolute Gasteiger partial charge is 0.402 e. The molecule has 54 valence electrons. The fourth-order valence-electron chi connectivity index (χ4n) is 0.205. The highest BCUT2D eigenvalue weighted by atomic mass is 16.5. The first-order valence-electron chi connectivity index (χ1n) is 2.32. The lowest BCUT2D eigenvalue weighted by molar-refractivity contribution is 0.278. The molecule has 0 bridgehead atoms. The summed E-state index contributed by atoms with van der Waals surface area (Å²) in [5, 5.41) is 21.5. The second-order valence-corrected chi connectivity index (χ2v) is 1.14. The zero-order chi connectivity index (χ0) is 7.82. The van der Waals surface area contributed by atoms with E-state index in [1.165, 1.54) is 19.0 Å². The second-order valence-electron chi connectivity index (χ2n) is 1.14. The molecular weight excluding hydrogens is 137 g/mol. The third kappa shape index (κ3) is 10.0. The molecule has 0 aromatic carbocycles. The van der Waals surface area contributed by atoms with Crippen LogP contribution in [0.3, 0.4) is 0 Å². The predicted molar refractivity (Wildman–Crippen MR) is 32.2 cm³/mol. The standard InChI is InChI=1S/C3H3N3.BH3O3/c1-4-2-6-3-5-1;2-1(3)4/h1-3H;2-4H. The lowest BCUT2D eigenvalue weighted by atomic mass is 10.3. The van der Waals surface area contributed by atoms with Crippen LogP contribution in [0.2, 0.25) is 0 Å². The topological polar surface area (TPSA) is 99.4 Å². The van der Waals surface area contributed by atoms with Crippen molar-refractivity contribution in [2.45, 2.75) is 0 Å². The molecule has 1 aromatic rings. The third-order valence-electron chi connectivity index (χ3n) is 0.400. The van der Waals surface area contributed by atoms with E-state index in [0.29, 0.717) is 0 Å². The van der Waals surface area contributed by atoms with Crippen LogP contribution < -0.4 is 0 Å². The van der Waals surface area contributed by atoms with Crippen LogP contribution in [0.15, 0.2) is 19.0 Å². The van der Waals surface area contributed by atoms with Gasteiger partial charge in [0, 0.05) is 0 Å². The van der Waals surface area contributed by atoms with Crippen LogP contribution >= 0.6 is 0 Å². The molecule has 0 unspecified atom stereocenters. The number of hydrogen-bond donors (Lipinski definition) is 3. The minimum absolute atomic E-state index is 1.44. The molecule has 0 aliphatic heterocycles. The normalized spacial score (nSPS) is 7.50. The summed E-state index contributed by atoms with van der Waals surface area (Å²) < 4.78 is 0. The largest absolute Gasteiger partial charge is 0.631 e. The van der Waals surface area contributed by atoms with Crippen molar-refractivity contribution in [2.75, 3.05) is 0 Å². The van der Waals surface area contributed by atoms with Crippen molar-refractivity contribution in [2.24, 2.45) is 0 Å². The minimum Gasteiger partial charge on any atom is -0.402 e. The monoisotopic (exact) mass is 143 g/mol. The van der Waals surface area contributed by atoms with E-state index in [2.05, 4.69) is 15.0 Å². The van der Waals surface area contributed by atoms with Gasteiger partial charge in [-0.3, -0.25) is 0 Å². The van der Waals surface area contributed by atoms with E-state index < -0.39 is 7.32 Å². The average molecular weight is 143 g/mol. The zero-order valence-electron chi connectivity index (χ0n) is 4.99. The molecule has 1 rings (SSSR count). The highest BCUT2D eigenvalue weighted by Gasteiger charge is 1.92. The lowest BCUT2D eigenvalue weighted by Gasteiger charge is -1.69. The van der Waals surface area contributed by atoms with E-state index >= 15 is 0 Å². The van der Waals surface area contributed by atoms with Crippen molar-refractivity contribution in [1.82, 2.24) is 15.0 Å². The van der Waals surface area contributed by atoms with E-state index in [0.717, 1.165) is 0 Å². The third-order valence-corrected chi connectivity index (χ3v) is 0.400.